The van der Waals surface area contributed by atoms with Crippen molar-refractivity contribution in [2.75, 3.05) is 13.2 Å². The molecule has 0 saturated heterocycles. The number of rotatable bonds is 8. The molecule has 1 amide bonds. The summed E-state index contributed by atoms with van der Waals surface area (Å²) in [5.41, 5.74) is 0.993. The Labute approximate surface area is 122 Å². The van der Waals surface area contributed by atoms with Gasteiger partial charge in [-0.2, -0.15) is 0 Å². The lowest BCUT2D eigenvalue weighted by Crippen LogP contribution is -2.21. The fourth-order valence-corrected chi connectivity index (χ4v) is 2.06. The molecule has 1 aromatic rings. The van der Waals surface area contributed by atoms with Crippen LogP contribution >= 0.6 is 15.9 Å². The van der Waals surface area contributed by atoms with Crippen molar-refractivity contribution in [3.05, 3.63) is 40.4 Å². The van der Waals surface area contributed by atoms with Crippen molar-refractivity contribution in [1.82, 2.24) is 5.32 Å². The van der Waals surface area contributed by atoms with Crippen molar-refractivity contribution in [3.63, 3.8) is 0 Å². The lowest BCUT2D eigenvalue weighted by Gasteiger charge is -2.01. The maximum absolute atomic E-state index is 11.5. The zero-order valence-electron chi connectivity index (χ0n) is 10.9. The van der Waals surface area contributed by atoms with Crippen molar-refractivity contribution in [2.24, 2.45) is 0 Å². The van der Waals surface area contributed by atoms with Gasteiger partial charge in [-0.15, -0.1) is 0 Å². The first-order chi connectivity index (χ1) is 9.22. The molecule has 4 heteroatoms. The lowest BCUT2D eigenvalue weighted by atomic mass is 10.2. The molecule has 3 nitrogen and oxygen atoms in total. The van der Waals surface area contributed by atoms with Gasteiger partial charge in [0.2, 0.25) is 5.91 Å². The Hall–Kier alpha value is -1.13. The summed E-state index contributed by atoms with van der Waals surface area (Å²) in [5, 5.41) is 11.5. The molecule has 0 aliphatic carbocycles. The van der Waals surface area contributed by atoms with Gasteiger partial charge in [-0.05, 0) is 36.6 Å². The van der Waals surface area contributed by atoms with E-state index in [1.54, 1.807) is 12.2 Å². The van der Waals surface area contributed by atoms with Crippen LogP contribution in [0, 0.1) is 0 Å². The molecule has 1 rings (SSSR count). The smallest absolute Gasteiger partial charge is 0.243 e. The van der Waals surface area contributed by atoms with E-state index in [1.165, 1.54) is 0 Å². The number of hydrogen-bond donors (Lipinski definition) is 2. The van der Waals surface area contributed by atoms with Gasteiger partial charge in [0.25, 0.3) is 0 Å². The summed E-state index contributed by atoms with van der Waals surface area (Å²) >= 11 is 3.39. The van der Waals surface area contributed by atoms with E-state index in [4.69, 9.17) is 5.11 Å². The Kier molecular flexibility index (Phi) is 8.18. The number of unbranched alkanes of at least 4 members (excludes halogenated alkanes) is 3. The Morgan fingerprint density at radius 2 is 2.05 bits per heavy atom. The van der Waals surface area contributed by atoms with Gasteiger partial charge in [0, 0.05) is 23.7 Å². The highest BCUT2D eigenvalue weighted by Crippen LogP contribution is 2.12. The quantitative estimate of drug-likeness (QED) is 0.570. The molecule has 0 aromatic heterocycles. The molecule has 0 radical (unpaired) electrons. The van der Waals surface area contributed by atoms with Crippen LogP contribution in [-0.2, 0) is 4.79 Å². The minimum atomic E-state index is -0.0675. The zero-order valence-corrected chi connectivity index (χ0v) is 12.5. The summed E-state index contributed by atoms with van der Waals surface area (Å²) in [6.07, 6.45) is 7.20. The fourth-order valence-electron chi connectivity index (χ4n) is 1.64. The van der Waals surface area contributed by atoms with Gasteiger partial charge in [0.05, 0.1) is 0 Å². The van der Waals surface area contributed by atoms with Crippen LogP contribution < -0.4 is 5.32 Å². The number of carbonyl (C=O) groups is 1. The summed E-state index contributed by atoms with van der Waals surface area (Å²) in [4.78, 5) is 11.5. The number of amides is 1. The molecule has 0 saturated carbocycles. The van der Waals surface area contributed by atoms with Crippen LogP contribution in [0.1, 0.15) is 31.2 Å². The molecule has 19 heavy (non-hydrogen) atoms. The summed E-state index contributed by atoms with van der Waals surface area (Å²) < 4.78 is 0.999. The third-order valence-electron chi connectivity index (χ3n) is 2.66. The molecule has 2 N–H and O–H groups in total. The monoisotopic (exact) mass is 325 g/mol. The molecular weight excluding hydrogens is 306 g/mol. The summed E-state index contributed by atoms with van der Waals surface area (Å²) in [6, 6.07) is 7.79. The predicted octanol–water partition coefficient (Wildman–Crippen LogP) is 3.13. The Morgan fingerprint density at radius 1 is 1.26 bits per heavy atom. The Morgan fingerprint density at radius 3 is 2.79 bits per heavy atom. The number of nitrogens with one attached hydrogen (secondary N) is 1. The maximum atomic E-state index is 11.5. The van der Waals surface area contributed by atoms with E-state index in [0.29, 0.717) is 6.54 Å². The predicted molar refractivity (Wildman–Crippen MR) is 81.7 cm³/mol. The van der Waals surface area contributed by atoms with Gasteiger partial charge in [-0.1, -0.05) is 40.9 Å². The second-order valence-corrected chi connectivity index (χ2v) is 5.23. The molecule has 104 valence electrons. The van der Waals surface area contributed by atoms with Crippen molar-refractivity contribution >= 4 is 27.9 Å². The first-order valence-corrected chi connectivity index (χ1v) is 7.34. The normalized spacial score (nSPS) is 10.8. The third kappa shape index (κ3) is 7.80. The number of benzene rings is 1. The topological polar surface area (TPSA) is 49.3 Å². The number of carbonyl (C=O) groups excluding carboxylic acids is 1. The van der Waals surface area contributed by atoms with Crippen LogP contribution in [0.25, 0.3) is 6.08 Å². The second kappa shape index (κ2) is 9.75. The van der Waals surface area contributed by atoms with Gasteiger partial charge in [0.15, 0.2) is 0 Å². The van der Waals surface area contributed by atoms with Gasteiger partial charge in [0.1, 0.15) is 0 Å². The van der Waals surface area contributed by atoms with Crippen molar-refractivity contribution in [1.29, 1.82) is 0 Å². The fraction of sp³-hybridized carbons (Fsp3) is 0.400. The van der Waals surface area contributed by atoms with Crippen LogP contribution in [0.4, 0.5) is 0 Å². The van der Waals surface area contributed by atoms with Crippen molar-refractivity contribution in [3.8, 4) is 0 Å². The first-order valence-electron chi connectivity index (χ1n) is 6.54. The van der Waals surface area contributed by atoms with E-state index in [9.17, 15) is 4.79 Å². The molecule has 0 heterocycles. The number of aliphatic hydroxyl groups excluding tert-OH is 1. The highest BCUT2D eigenvalue weighted by molar-refractivity contribution is 9.10. The second-order valence-electron chi connectivity index (χ2n) is 4.32. The highest BCUT2D eigenvalue weighted by Gasteiger charge is 1.95. The number of halogens is 1. The lowest BCUT2D eigenvalue weighted by molar-refractivity contribution is -0.116. The minimum Gasteiger partial charge on any atom is -0.396 e. The molecule has 1 aromatic carbocycles. The van der Waals surface area contributed by atoms with Crippen molar-refractivity contribution in [2.45, 2.75) is 25.7 Å². The van der Waals surface area contributed by atoms with E-state index < -0.39 is 0 Å². The molecular formula is C15H20BrNO2. The van der Waals surface area contributed by atoms with Gasteiger partial charge < -0.3 is 10.4 Å². The van der Waals surface area contributed by atoms with E-state index in [-0.39, 0.29) is 12.5 Å². The first kappa shape index (κ1) is 15.9. The maximum Gasteiger partial charge on any atom is 0.243 e. The average Bonchev–Trinajstić information content (AvgIpc) is 2.40. The van der Waals surface area contributed by atoms with E-state index in [1.807, 2.05) is 24.3 Å². The zero-order chi connectivity index (χ0) is 13.9. The Bertz CT molecular complexity index is 418. The minimum absolute atomic E-state index is 0.0675. The summed E-state index contributed by atoms with van der Waals surface area (Å²) in [7, 11) is 0. The molecule has 0 atom stereocenters. The van der Waals surface area contributed by atoms with Crippen LogP contribution in [0.5, 0.6) is 0 Å². The number of aliphatic hydroxyl groups is 1. The van der Waals surface area contributed by atoms with E-state index in [0.717, 1.165) is 35.7 Å². The molecule has 0 aliphatic heterocycles. The van der Waals surface area contributed by atoms with Crippen LogP contribution in [0.15, 0.2) is 34.8 Å². The van der Waals surface area contributed by atoms with Gasteiger partial charge in [-0.3, -0.25) is 4.79 Å². The van der Waals surface area contributed by atoms with E-state index >= 15 is 0 Å². The molecule has 0 bridgehead atoms. The van der Waals surface area contributed by atoms with Gasteiger partial charge in [-0.25, -0.2) is 0 Å². The molecule has 0 aliphatic rings. The van der Waals surface area contributed by atoms with Crippen LogP contribution in [-0.4, -0.2) is 24.2 Å². The van der Waals surface area contributed by atoms with Crippen LogP contribution in [0.3, 0.4) is 0 Å². The van der Waals surface area contributed by atoms with E-state index in [2.05, 4.69) is 21.2 Å². The SMILES string of the molecule is O=C(/C=C/c1cccc(Br)c1)NCCCCCCO. The summed E-state index contributed by atoms with van der Waals surface area (Å²) in [6.45, 7) is 0.939. The molecule has 0 fully saturated rings. The Balaban J connectivity index is 2.20. The van der Waals surface area contributed by atoms with Crippen molar-refractivity contribution < 1.29 is 9.90 Å². The van der Waals surface area contributed by atoms with Gasteiger partial charge >= 0.3 is 0 Å². The molecule has 0 spiro atoms. The largest absolute Gasteiger partial charge is 0.396 e. The number of hydrogen-bond acceptors (Lipinski definition) is 2. The standard InChI is InChI=1S/C15H20BrNO2/c16-14-7-5-6-13(12-14)8-9-15(19)17-10-3-1-2-4-11-18/h5-9,12,18H,1-4,10-11H2,(H,17,19)/b9-8+. The third-order valence-corrected chi connectivity index (χ3v) is 3.15. The molecule has 0 unspecified atom stereocenters. The average molecular weight is 326 g/mol. The van der Waals surface area contributed by atoms with Crippen LogP contribution in [0.2, 0.25) is 0 Å². The summed E-state index contributed by atoms with van der Waals surface area (Å²) in [5.74, 6) is -0.0675. The highest BCUT2D eigenvalue weighted by atomic mass is 79.9.